The average Bonchev–Trinajstić information content (AvgIpc) is 2.43. The minimum atomic E-state index is -3.59. The van der Waals surface area contributed by atoms with E-state index in [9.17, 15) is 8.42 Å². The minimum absolute atomic E-state index is 0.304. The zero-order valence-electron chi connectivity index (χ0n) is 11.9. The van der Waals surface area contributed by atoms with Crippen LogP contribution < -0.4 is 10.0 Å². The first-order valence-electron chi connectivity index (χ1n) is 6.45. The van der Waals surface area contributed by atoms with Crippen LogP contribution in [0, 0.1) is 6.92 Å². The molecule has 0 aliphatic rings. The Kier molecular flexibility index (Phi) is 5.03. The molecule has 0 aliphatic carbocycles. The van der Waals surface area contributed by atoms with Crippen LogP contribution in [0.25, 0.3) is 0 Å². The standard InChI is InChI=1S/C15H17BrN2O2S/c1-11-12(10-17-2)4-3-5-15(11)21(19,20)18-14-8-6-13(16)7-9-14/h3-9,17-18H,10H2,1-2H3. The second-order valence-electron chi connectivity index (χ2n) is 4.68. The predicted octanol–water partition coefficient (Wildman–Crippen LogP) is 3.28. The van der Waals surface area contributed by atoms with E-state index in [0.717, 1.165) is 15.6 Å². The van der Waals surface area contributed by atoms with Crippen LogP contribution in [0.5, 0.6) is 0 Å². The fourth-order valence-electron chi connectivity index (χ4n) is 2.06. The summed E-state index contributed by atoms with van der Waals surface area (Å²) in [6.45, 7) is 2.45. The van der Waals surface area contributed by atoms with Gasteiger partial charge in [-0.25, -0.2) is 8.42 Å². The summed E-state index contributed by atoms with van der Waals surface area (Å²) < 4.78 is 28.5. The van der Waals surface area contributed by atoms with Crippen molar-refractivity contribution in [1.82, 2.24) is 5.32 Å². The molecule has 112 valence electrons. The highest BCUT2D eigenvalue weighted by Gasteiger charge is 2.18. The predicted molar refractivity (Wildman–Crippen MR) is 88.9 cm³/mol. The Balaban J connectivity index is 2.35. The van der Waals surface area contributed by atoms with Gasteiger partial charge in [-0.2, -0.15) is 0 Å². The lowest BCUT2D eigenvalue weighted by molar-refractivity contribution is 0.600. The van der Waals surface area contributed by atoms with E-state index < -0.39 is 10.0 Å². The maximum Gasteiger partial charge on any atom is 0.262 e. The van der Waals surface area contributed by atoms with Gasteiger partial charge < -0.3 is 5.32 Å². The van der Waals surface area contributed by atoms with Gasteiger partial charge in [0.25, 0.3) is 10.0 Å². The molecule has 0 radical (unpaired) electrons. The number of nitrogens with one attached hydrogen (secondary N) is 2. The maximum absolute atomic E-state index is 12.5. The molecule has 2 rings (SSSR count). The fraction of sp³-hybridized carbons (Fsp3) is 0.200. The second-order valence-corrected chi connectivity index (χ2v) is 7.25. The largest absolute Gasteiger partial charge is 0.316 e. The van der Waals surface area contributed by atoms with E-state index in [2.05, 4.69) is 26.0 Å². The monoisotopic (exact) mass is 368 g/mol. The topological polar surface area (TPSA) is 58.2 Å². The van der Waals surface area contributed by atoms with Gasteiger partial charge in [-0.3, -0.25) is 4.72 Å². The smallest absolute Gasteiger partial charge is 0.262 e. The molecule has 21 heavy (non-hydrogen) atoms. The zero-order valence-corrected chi connectivity index (χ0v) is 14.3. The molecule has 0 unspecified atom stereocenters. The van der Waals surface area contributed by atoms with Gasteiger partial charge >= 0.3 is 0 Å². The Morgan fingerprint density at radius 2 is 1.76 bits per heavy atom. The first-order chi connectivity index (χ1) is 9.94. The molecule has 0 saturated carbocycles. The Morgan fingerprint density at radius 1 is 1.10 bits per heavy atom. The lowest BCUT2D eigenvalue weighted by Gasteiger charge is -2.13. The quantitative estimate of drug-likeness (QED) is 0.851. The van der Waals surface area contributed by atoms with E-state index in [-0.39, 0.29) is 0 Å². The maximum atomic E-state index is 12.5. The van der Waals surface area contributed by atoms with Crippen molar-refractivity contribution in [1.29, 1.82) is 0 Å². The first-order valence-corrected chi connectivity index (χ1v) is 8.73. The van der Waals surface area contributed by atoms with Crippen LogP contribution in [-0.2, 0) is 16.6 Å². The third-order valence-corrected chi connectivity index (χ3v) is 5.20. The zero-order chi connectivity index (χ0) is 15.5. The average molecular weight is 369 g/mol. The molecule has 0 bridgehead atoms. The molecule has 2 aromatic carbocycles. The van der Waals surface area contributed by atoms with E-state index >= 15 is 0 Å². The summed E-state index contributed by atoms with van der Waals surface area (Å²) in [5.41, 5.74) is 2.27. The summed E-state index contributed by atoms with van der Waals surface area (Å²) in [7, 11) is -1.76. The summed E-state index contributed by atoms with van der Waals surface area (Å²) in [5.74, 6) is 0. The lowest BCUT2D eigenvalue weighted by atomic mass is 10.1. The van der Waals surface area contributed by atoms with Crippen molar-refractivity contribution in [3.8, 4) is 0 Å². The van der Waals surface area contributed by atoms with Crippen molar-refractivity contribution >= 4 is 31.6 Å². The number of benzene rings is 2. The van der Waals surface area contributed by atoms with Crippen LogP contribution >= 0.6 is 15.9 Å². The fourth-order valence-corrected chi connectivity index (χ4v) is 3.67. The Morgan fingerprint density at radius 3 is 2.38 bits per heavy atom. The van der Waals surface area contributed by atoms with Crippen molar-refractivity contribution in [2.75, 3.05) is 11.8 Å². The normalized spacial score (nSPS) is 11.4. The molecular weight excluding hydrogens is 352 g/mol. The summed E-state index contributed by atoms with van der Waals surface area (Å²) >= 11 is 3.32. The molecule has 0 spiro atoms. The van der Waals surface area contributed by atoms with Gasteiger partial charge in [0, 0.05) is 16.7 Å². The van der Waals surface area contributed by atoms with Crippen LogP contribution in [-0.4, -0.2) is 15.5 Å². The number of anilines is 1. The number of halogens is 1. The SMILES string of the molecule is CNCc1cccc(S(=O)(=O)Nc2ccc(Br)cc2)c1C. The van der Waals surface area contributed by atoms with E-state index in [1.165, 1.54) is 0 Å². The summed E-state index contributed by atoms with van der Waals surface area (Å²) in [4.78, 5) is 0.304. The number of hydrogen-bond acceptors (Lipinski definition) is 3. The van der Waals surface area contributed by atoms with E-state index in [1.54, 1.807) is 36.4 Å². The van der Waals surface area contributed by atoms with E-state index in [0.29, 0.717) is 17.1 Å². The molecule has 0 fully saturated rings. The highest BCUT2D eigenvalue weighted by molar-refractivity contribution is 9.10. The van der Waals surface area contributed by atoms with E-state index in [1.807, 2.05) is 20.0 Å². The van der Waals surface area contributed by atoms with Crippen LogP contribution in [0.2, 0.25) is 0 Å². The Hall–Kier alpha value is -1.37. The Bertz CT molecular complexity index is 728. The first kappa shape index (κ1) is 16.0. The molecule has 0 aliphatic heterocycles. The third kappa shape index (κ3) is 3.84. The van der Waals surface area contributed by atoms with Crippen molar-refractivity contribution in [3.05, 3.63) is 58.1 Å². The molecule has 0 amide bonds. The molecule has 0 atom stereocenters. The van der Waals surface area contributed by atoms with Crippen LogP contribution in [0.15, 0.2) is 51.8 Å². The van der Waals surface area contributed by atoms with Gasteiger partial charge in [-0.1, -0.05) is 28.1 Å². The minimum Gasteiger partial charge on any atom is -0.316 e. The van der Waals surface area contributed by atoms with Crippen LogP contribution in [0.4, 0.5) is 5.69 Å². The number of sulfonamides is 1. The summed E-state index contributed by atoms with van der Waals surface area (Å²) in [6.07, 6.45) is 0. The van der Waals surface area contributed by atoms with Gasteiger partial charge in [0.05, 0.1) is 4.90 Å². The molecule has 2 N–H and O–H groups in total. The number of hydrogen-bond donors (Lipinski definition) is 2. The molecule has 0 saturated heterocycles. The van der Waals surface area contributed by atoms with Crippen molar-refractivity contribution in [3.63, 3.8) is 0 Å². The van der Waals surface area contributed by atoms with Crippen molar-refractivity contribution in [2.45, 2.75) is 18.4 Å². The van der Waals surface area contributed by atoms with Crippen molar-refractivity contribution < 1.29 is 8.42 Å². The molecule has 6 heteroatoms. The molecule has 0 aromatic heterocycles. The third-order valence-electron chi connectivity index (χ3n) is 3.15. The highest BCUT2D eigenvalue weighted by Crippen LogP contribution is 2.23. The lowest BCUT2D eigenvalue weighted by Crippen LogP contribution is -2.16. The second kappa shape index (κ2) is 6.60. The number of rotatable bonds is 5. The van der Waals surface area contributed by atoms with Crippen molar-refractivity contribution in [2.24, 2.45) is 0 Å². The van der Waals surface area contributed by atoms with Crippen LogP contribution in [0.1, 0.15) is 11.1 Å². The highest BCUT2D eigenvalue weighted by atomic mass is 79.9. The molecule has 4 nitrogen and oxygen atoms in total. The van der Waals surface area contributed by atoms with Gasteiger partial charge in [-0.15, -0.1) is 0 Å². The van der Waals surface area contributed by atoms with Gasteiger partial charge in [0.2, 0.25) is 0 Å². The van der Waals surface area contributed by atoms with Gasteiger partial charge in [0.15, 0.2) is 0 Å². The van der Waals surface area contributed by atoms with Gasteiger partial charge in [-0.05, 0) is 55.4 Å². The summed E-state index contributed by atoms with van der Waals surface area (Å²) in [5, 5.41) is 3.04. The van der Waals surface area contributed by atoms with Crippen LogP contribution in [0.3, 0.4) is 0 Å². The van der Waals surface area contributed by atoms with Gasteiger partial charge in [0.1, 0.15) is 0 Å². The molecule has 0 heterocycles. The summed E-state index contributed by atoms with van der Waals surface area (Å²) in [6, 6.07) is 12.3. The Labute approximate surface area is 133 Å². The molecular formula is C15H17BrN2O2S. The molecule has 2 aromatic rings. The van der Waals surface area contributed by atoms with E-state index in [4.69, 9.17) is 0 Å².